The molecule has 2 aromatic rings. The summed E-state index contributed by atoms with van der Waals surface area (Å²) in [5.41, 5.74) is 1.78. The number of allylic oxidation sites excluding steroid dienone is 1. The summed E-state index contributed by atoms with van der Waals surface area (Å²) < 4.78 is 0. The SMILES string of the molecule is O=C(O)Nc1ccc2c(c1)NC(=O)CC/C=C/CC(NC(=O)O)c1cc(Cl)nnc1-2. The van der Waals surface area contributed by atoms with Crippen LogP contribution in [-0.4, -0.2) is 38.5 Å². The molecule has 0 spiro atoms. The number of nitrogens with one attached hydrogen (secondary N) is 3. The highest BCUT2D eigenvalue weighted by atomic mass is 35.5. The van der Waals surface area contributed by atoms with Crippen molar-refractivity contribution in [3.63, 3.8) is 0 Å². The van der Waals surface area contributed by atoms with E-state index >= 15 is 0 Å². The summed E-state index contributed by atoms with van der Waals surface area (Å²) in [5, 5.41) is 33.8. The summed E-state index contributed by atoms with van der Waals surface area (Å²) in [4.78, 5) is 34.7. The van der Waals surface area contributed by atoms with Gasteiger partial charge < -0.3 is 20.8 Å². The summed E-state index contributed by atoms with van der Waals surface area (Å²) >= 11 is 6.02. The number of carboxylic acid groups (broad SMARTS) is 2. The highest BCUT2D eigenvalue weighted by molar-refractivity contribution is 6.29. The standard InChI is InChI=1S/C19H18ClN5O5/c20-15-9-12-13(23-19(29)30)4-2-1-3-5-16(26)22-14-8-10(21-18(27)28)6-7-11(14)17(12)25-24-15/h1-2,6-9,13,21,23H,3-5H2,(H,22,26)(H,27,28)(H,29,30)/b2-1+. The molecule has 2 heterocycles. The highest BCUT2D eigenvalue weighted by Gasteiger charge is 2.23. The minimum Gasteiger partial charge on any atom is -0.465 e. The van der Waals surface area contributed by atoms with E-state index in [0.29, 0.717) is 35.3 Å². The van der Waals surface area contributed by atoms with Crippen molar-refractivity contribution in [1.82, 2.24) is 15.5 Å². The van der Waals surface area contributed by atoms with E-state index in [1.165, 1.54) is 18.2 Å². The quantitative estimate of drug-likeness (QED) is 0.452. The Bertz CT molecular complexity index is 1030. The lowest BCUT2D eigenvalue weighted by Gasteiger charge is -2.21. The van der Waals surface area contributed by atoms with Gasteiger partial charge in [0.15, 0.2) is 5.15 Å². The first kappa shape index (κ1) is 21.1. The fourth-order valence-electron chi connectivity index (χ4n) is 3.10. The maximum absolute atomic E-state index is 12.3. The third-order valence-electron chi connectivity index (χ3n) is 4.34. The highest BCUT2D eigenvalue weighted by Crippen LogP contribution is 2.36. The van der Waals surface area contributed by atoms with E-state index in [1.807, 2.05) is 0 Å². The van der Waals surface area contributed by atoms with Crippen LogP contribution in [0.5, 0.6) is 0 Å². The molecule has 1 aromatic carbocycles. The number of hydrogen-bond acceptors (Lipinski definition) is 5. The molecule has 0 bridgehead atoms. The van der Waals surface area contributed by atoms with Gasteiger partial charge in [-0.25, -0.2) is 9.59 Å². The summed E-state index contributed by atoms with van der Waals surface area (Å²) in [6, 6.07) is 5.38. The average molecular weight is 432 g/mol. The second kappa shape index (κ2) is 9.23. The third-order valence-corrected chi connectivity index (χ3v) is 4.53. The van der Waals surface area contributed by atoms with Gasteiger partial charge in [-0.1, -0.05) is 23.8 Å². The lowest BCUT2D eigenvalue weighted by atomic mass is 9.96. The zero-order chi connectivity index (χ0) is 21.7. The average Bonchev–Trinajstić information content (AvgIpc) is 2.66. The third kappa shape index (κ3) is 5.23. The fraction of sp³-hybridized carbons (Fsp3) is 0.211. The molecule has 0 fully saturated rings. The molecule has 3 rings (SSSR count). The van der Waals surface area contributed by atoms with Crippen molar-refractivity contribution in [3.8, 4) is 11.3 Å². The lowest BCUT2D eigenvalue weighted by molar-refractivity contribution is -0.116. The van der Waals surface area contributed by atoms with E-state index in [9.17, 15) is 19.5 Å². The summed E-state index contributed by atoms with van der Waals surface area (Å²) in [6.07, 6.45) is 2.08. The van der Waals surface area contributed by atoms with Crippen molar-refractivity contribution in [3.05, 3.63) is 47.1 Å². The molecular weight excluding hydrogens is 414 g/mol. The molecule has 1 aromatic heterocycles. The van der Waals surface area contributed by atoms with E-state index in [2.05, 4.69) is 26.1 Å². The predicted octanol–water partition coefficient (Wildman–Crippen LogP) is 3.87. The van der Waals surface area contributed by atoms with Crippen molar-refractivity contribution in [2.75, 3.05) is 10.6 Å². The lowest BCUT2D eigenvalue weighted by Crippen LogP contribution is -2.27. The van der Waals surface area contributed by atoms with Crippen LogP contribution >= 0.6 is 11.6 Å². The zero-order valence-electron chi connectivity index (χ0n) is 15.6. The number of fused-ring (bicyclic) bond motifs is 3. The van der Waals surface area contributed by atoms with E-state index in [-0.39, 0.29) is 23.2 Å². The van der Waals surface area contributed by atoms with Crippen molar-refractivity contribution in [2.45, 2.75) is 25.3 Å². The number of halogens is 1. The van der Waals surface area contributed by atoms with Gasteiger partial charge in [-0.15, -0.1) is 10.2 Å². The van der Waals surface area contributed by atoms with E-state index in [0.717, 1.165) is 0 Å². The van der Waals surface area contributed by atoms with Crippen LogP contribution in [0.25, 0.3) is 11.3 Å². The molecule has 0 saturated carbocycles. The molecule has 30 heavy (non-hydrogen) atoms. The number of carbonyl (C=O) groups is 3. The van der Waals surface area contributed by atoms with Gasteiger partial charge in [0.25, 0.3) is 0 Å². The van der Waals surface area contributed by atoms with Crippen molar-refractivity contribution >= 4 is 41.1 Å². The zero-order valence-corrected chi connectivity index (χ0v) is 16.3. The Labute approximate surface area is 176 Å². The summed E-state index contributed by atoms with van der Waals surface area (Å²) in [6.45, 7) is 0. The molecule has 1 aliphatic heterocycles. The number of anilines is 2. The molecule has 0 aliphatic carbocycles. The number of benzene rings is 1. The second-order valence-corrected chi connectivity index (χ2v) is 6.84. The number of carbonyl (C=O) groups excluding carboxylic acids is 1. The molecule has 0 saturated heterocycles. The molecule has 156 valence electrons. The van der Waals surface area contributed by atoms with E-state index in [1.54, 1.807) is 18.2 Å². The number of rotatable bonds is 2. The second-order valence-electron chi connectivity index (χ2n) is 6.46. The maximum atomic E-state index is 12.3. The van der Waals surface area contributed by atoms with Gasteiger partial charge in [0.05, 0.1) is 11.7 Å². The van der Waals surface area contributed by atoms with Gasteiger partial charge in [0, 0.05) is 23.2 Å². The fourth-order valence-corrected chi connectivity index (χ4v) is 3.26. The Balaban J connectivity index is 2.19. The molecule has 1 aliphatic rings. The van der Waals surface area contributed by atoms with E-state index < -0.39 is 18.2 Å². The van der Waals surface area contributed by atoms with Crippen LogP contribution in [0.1, 0.15) is 30.9 Å². The molecule has 10 nitrogen and oxygen atoms in total. The van der Waals surface area contributed by atoms with Crippen LogP contribution in [0.3, 0.4) is 0 Å². The van der Waals surface area contributed by atoms with Gasteiger partial charge in [-0.3, -0.25) is 10.1 Å². The van der Waals surface area contributed by atoms with Crippen LogP contribution in [0, 0.1) is 0 Å². The summed E-state index contributed by atoms with van der Waals surface area (Å²) in [5.74, 6) is -0.266. The van der Waals surface area contributed by atoms with Crippen LogP contribution < -0.4 is 16.0 Å². The van der Waals surface area contributed by atoms with Crippen LogP contribution in [0.4, 0.5) is 21.0 Å². The van der Waals surface area contributed by atoms with Gasteiger partial charge >= 0.3 is 12.2 Å². The number of amides is 3. The number of nitrogens with zero attached hydrogens (tertiary/aromatic N) is 2. The minimum absolute atomic E-state index is 0.0803. The van der Waals surface area contributed by atoms with E-state index in [4.69, 9.17) is 16.7 Å². The predicted molar refractivity (Wildman–Crippen MR) is 110 cm³/mol. The number of aromatic nitrogens is 2. The Morgan fingerprint density at radius 2 is 1.93 bits per heavy atom. The Morgan fingerprint density at radius 1 is 1.13 bits per heavy atom. The van der Waals surface area contributed by atoms with Crippen LogP contribution in [0.2, 0.25) is 5.15 Å². The molecule has 0 radical (unpaired) electrons. The van der Waals surface area contributed by atoms with Gasteiger partial charge in [0.2, 0.25) is 5.91 Å². The minimum atomic E-state index is -1.25. The van der Waals surface area contributed by atoms with Gasteiger partial charge in [0.1, 0.15) is 5.69 Å². The molecule has 1 atom stereocenters. The smallest absolute Gasteiger partial charge is 0.409 e. The molecule has 5 N–H and O–H groups in total. The van der Waals surface area contributed by atoms with Crippen molar-refractivity contribution < 1.29 is 24.6 Å². The molecule has 3 amide bonds. The number of hydrogen-bond donors (Lipinski definition) is 5. The molecular formula is C19H18ClN5O5. The first-order chi connectivity index (χ1) is 14.3. The van der Waals surface area contributed by atoms with Crippen molar-refractivity contribution in [2.24, 2.45) is 0 Å². The van der Waals surface area contributed by atoms with Gasteiger partial charge in [-0.2, -0.15) is 0 Å². The Morgan fingerprint density at radius 3 is 2.67 bits per heavy atom. The first-order valence-electron chi connectivity index (χ1n) is 8.95. The molecule has 1 unspecified atom stereocenters. The van der Waals surface area contributed by atoms with Gasteiger partial charge in [-0.05, 0) is 37.1 Å². The largest absolute Gasteiger partial charge is 0.465 e. The van der Waals surface area contributed by atoms with Crippen LogP contribution in [0.15, 0.2) is 36.4 Å². The summed E-state index contributed by atoms with van der Waals surface area (Å²) in [7, 11) is 0. The monoisotopic (exact) mass is 431 g/mol. The molecule has 11 heteroatoms. The Hall–Kier alpha value is -3.66. The topological polar surface area (TPSA) is 154 Å². The van der Waals surface area contributed by atoms with Crippen LogP contribution in [-0.2, 0) is 4.79 Å². The van der Waals surface area contributed by atoms with Crippen molar-refractivity contribution in [1.29, 1.82) is 0 Å². The maximum Gasteiger partial charge on any atom is 0.409 e. The first-order valence-corrected chi connectivity index (χ1v) is 9.33. The normalized spacial score (nSPS) is 17.2. The Kier molecular flexibility index (Phi) is 6.48.